The van der Waals surface area contributed by atoms with Crippen LogP contribution in [-0.2, 0) is 14.3 Å². The molecule has 0 aromatic heterocycles. The van der Waals surface area contributed by atoms with Crippen LogP contribution in [0.25, 0.3) is 0 Å². The van der Waals surface area contributed by atoms with Gasteiger partial charge in [-0.05, 0) is 31.3 Å². The lowest BCUT2D eigenvalue weighted by molar-refractivity contribution is -0.165. The molecule has 1 rings (SSSR count). The van der Waals surface area contributed by atoms with E-state index < -0.39 is 54.1 Å². The summed E-state index contributed by atoms with van der Waals surface area (Å²) in [5.74, 6) is -3.68. The monoisotopic (exact) mass is 384 g/mol. The number of allylic oxidation sites excluding steroid dienone is 1. The van der Waals surface area contributed by atoms with E-state index in [0.29, 0.717) is 12.0 Å². The summed E-state index contributed by atoms with van der Waals surface area (Å²) in [5, 5.41) is 31.8. The SMILES string of the molecule is C=C1C[C@H](C)[C@H](O)[C@@H](C)[C@H](O)[C@@H](C)C(=O)O[C@H](CC)[C@H](C)[C@H](O)[C@@H](C)C1=O. The molecule has 9 atom stereocenters. The van der Waals surface area contributed by atoms with E-state index in [2.05, 4.69) is 6.58 Å². The maximum absolute atomic E-state index is 12.7. The fourth-order valence-corrected chi connectivity index (χ4v) is 3.90. The first-order chi connectivity index (χ1) is 12.4. The quantitative estimate of drug-likeness (QED) is 0.472. The third kappa shape index (κ3) is 5.39. The van der Waals surface area contributed by atoms with E-state index in [1.807, 2.05) is 6.92 Å². The van der Waals surface area contributed by atoms with Gasteiger partial charge in [0.1, 0.15) is 6.10 Å². The maximum atomic E-state index is 12.7. The van der Waals surface area contributed by atoms with Crippen molar-refractivity contribution in [1.29, 1.82) is 0 Å². The summed E-state index contributed by atoms with van der Waals surface area (Å²) in [6.07, 6.45) is -2.83. The molecule has 27 heavy (non-hydrogen) atoms. The number of carbonyl (C=O) groups excluding carboxylic acids is 2. The van der Waals surface area contributed by atoms with Gasteiger partial charge in [-0.3, -0.25) is 9.59 Å². The number of Topliss-reactive ketones (excluding diaryl/α,β-unsaturated/α-hetero) is 1. The Morgan fingerprint density at radius 2 is 1.44 bits per heavy atom. The average molecular weight is 385 g/mol. The first kappa shape index (κ1) is 23.8. The number of rotatable bonds is 1. The van der Waals surface area contributed by atoms with Gasteiger partial charge >= 0.3 is 5.97 Å². The predicted molar refractivity (Wildman–Crippen MR) is 103 cm³/mol. The molecule has 0 radical (unpaired) electrons. The van der Waals surface area contributed by atoms with E-state index in [1.165, 1.54) is 0 Å². The minimum absolute atomic E-state index is 0.256. The number of aliphatic hydroxyl groups is 3. The van der Waals surface area contributed by atoms with Crippen LogP contribution in [0.4, 0.5) is 0 Å². The summed E-state index contributed by atoms with van der Waals surface area (Å²) in [4.78, 5) is 25.2. The number of esters is 1. The Bertz CT molecular complexity index is 545. The van der Waals surface area contributed by atoms with Crippen LogP contribution >= 0.6 is 0 Å². The molecular formula is C21H36O6. The number of carbonyl (C=O) groups is 2. The highest BCUT2D eigenvalue weighted by Gasteiger charge is 2.39. The molecule has 0 aromatic rings. The van der Waals surface area contributed by atoms with E-state index >= 15 is 0 Å². The van der Waals surface area contributed by atoms with Gasteiger partial charge in [0.15, 0.2) is 5.78 Å². The van der Waals surface area contributed by atoms with Gasteiger partial charge in [-0.2, -0.15) is 0 Å². The van der Waals surface area contributed by atoms with Crippen molar-refractivity contribution in [3.63, 3.8) is 0 Å². The van der Waals surface area contributed by atoms with Crippen molar-refractivity contribution in [2.24, 2.45) is 29.6 Å². The minimum Gasteiger partial charge on any atom is -0.462 e. The van der Waals surface area contributed by atoms with Crippen molar-refractivity contribution in [2.75, 3.05) is 0 Å². The van der Waals surface area contributed by atoms with Crippen LogP contribution in [0.1, 0.15) is 54.4 Å². The number of hydrogen-bond donors (Lipinski definition) is 3. The zero-order valence-electron chi connectivity index (χ0n) is 17.4. The lowest BCUT2D eigenvalue weighted by Gasteiger charge is -2.35. The lowest BCUT2D eigenvalue weighted by atomic mass is 9.79. The predicted octanol–water partition coefficient (Wildman–Crippen LogP) is 2.10. The van der Waals surface area contributed by atoms with Gasteiger partial charge in [0.25, 0.3) is 0 Å². The van der Waals surface area contributed by atoms with Crippen LogP contribution < -0.4 is 0 Å². The summed E-state index contributed by atoms with van der Waals surface area (Å²) in [7, 11) is 0. The summed E-state index contributed by atoms with van der Waals surface area (Å²) in [5.41, 5.74) is 0.345. The number of ether oxygens (including phenoxy) is 1. The largest absolute Gasteiger partial charge is 0.462 e. The molecule has 6 nitrogen and oxygen atoms in total. The van der Waals surface area contributed by atoms with Crippen LogP contribution in [0, 0.1) is 29.6 Å². The van der Waals surface area contributed by atoms with Gasteiger partial charge < -0.3 is 20.1 Å². The van der Waals surface area contributed by atoms with E-state index in [4.69, 9.17) is 4.74 Å². The first-order valence-electron chi connectivity index (χ1n) is 9.90. The van der Waals surface area contributed by atoms with Gasteiger partial charge in [-0.15, -0.1) is 0 Å². The number of ketones is 1. The zero-order chi connectivity index (χ0) is 21.0. The van der Waals surface area contributed by atoms with Crippen molar-refractivity contribution in [1.82, 2.24) is 0 Å². The fourth-order valence-electron chi connectivity index (χ4n) is 3.90. The highest BCUT2D eigenvalue weighted by Crippen LogP contribution is 2.30. The standard InChI is InChI=1S/C21H36O6/c1-8-16-12(4)19(24)13(5)17(22)10(2)9-11(3)18(23)14(6)20(25)15(7)21(26)27-16/h11-16,18-20,23-25H,2,8-9H2,1,3-7H3/t11-,12-,13-,14+,15+,16+,18-,19-,20-/m0/s1. The Kier molecular flexibility index (Phi) is 8.64. The molecule has 0 aliphatic carbocycles. The molecule has 1 heterocycles. The Balaban J connectivity index is 3.25. The number of cyclic esters (lactones) is 1. The molecule has 1 aliphatic heterocycles. The molecule has 0 bridgehead atoms. The van der Waals surface area contributed by atoms with Gasteiger partial charge in [-0.25, -0.2) is 0 Å². The van der Waals surface area contributed by atoms with Crippen LogP contribution in [0.5, 0.6) is 0 Å². The Hall–Kier alpha value is -1.24. The molecule has 0 spiro atoms. The highest BCUT2D eigenvalue weighted by molar-refractivity contribution is 5.96. The Morgan fingerprint density at radius 1 is 0.926 bits per heavy atom. The van der Waals surface area contributed by atoms with Crippen molar-refractivity contribution in [2.45, 2.75) is 78.8 Å². The van der Waals surface area contributed by atoms with Gasteiger partial charge in [0.2, 0.25) is 0 Å². The third-order valence-electron chi connectivity index (χ3n) is 6.18. The second-order valence-electron chi connectivity index (χ2n) is 8.30. The molecule has 156 valence electrons. The molecule has 3 N–H and O–H groups in total. The van der Waals surface area contributed by atoms with Crippen LogP contribution in [0.2, 0.25) is 0 Å². The number of hydrogen-bond acceptors (Lipinski definition) is 6. The average Bonchev–Trinajstić information content (AvgIpc) is 2.66. The van der Waals surface area contributed by atoms with E-state index in [0.717, 1.165) is 0 Å². The van der Waals surface area contributed by atoms with Crippen LogP contribution in [0.3, 0.4) is 0 Å². The molecule has 6 heteroatoms. The molecule has 1 fully saturated rings. The van der Waals surface area contributed by atoms with Crippen molar-refractivity contribution < 1.29 is 29.6 Å². The van der Waals surface area contributed by atoms with Gasteiger partial charge in [0.05, 0.1) is 24.2 Å². The van der Waals surface area contributed by atoms with Crippen molar-refractivity contribution in [3.05, 3.63) is 12.2 Å². The van der Waals surface area contributed by atoms with Crippen molar-refractivity contribution in [3.8, 4) is 0 Å². The molecule has 0 saturated carbocycles. The molecule has 0 aromatic carbocycles. The number of aliphatic hydroxyl groups excluding tert-OH is 3. The summed E-state index contributed by atoms with van der Waals surface area (Å²) in [6, 6.07) is 0. The minimum atomic E-state index is -1.08. The Labute approximate surface area is 162 Å². The molecule has 0 amide bonds. The summed E-state index contributed by atoms with van der Waals surface area (Å²) < 4.78 is 5.56. The normalized spacial score (nSPS) is 43.1. The van der Waals surface area contributed by atoms with Gasteiger partial charge in [-0.1, -0.05) is 41.2 Å². The van der Waals surface area contributed by atoms with Crippen molar-refractivity contribution >= 4 is 11.8 Å². The lowest BCUT2D eigenvalue weighted by Crippen LogP contribution is -2.44. The highest BCUT2D eigenvalue weighted by atomic mass is 16.5. The third-order valence-corrected chi connectivity index (χ3v) is 6.18. The van der Waals surface area contributed by atoms with E-state index in [9.17, 15) is 24.9 Å². The summed E-state index contributed by atoms with van der Waals surface area (Å²) in [6.45, 7) is 14.1. The maximum Gasteiger partial charge on any atom is 0.311 e. The molecule has 1 saturated heterocycles. The summed E-state index contributed by atoms with van der Waals surface area (Å²) >= 11 is 0. The topological polar surface area (TPSA) is 104 Å². The van der Waals surface area contributed by atoms with Crippen LogP contribution in [0.15, 0.2) is 12.2 Å². The second-order valence-corrected chi connectivity index (χ2v) is 8.30. The Morgan fingerprint density at radius 3 is 1.96 bits per heavy atom. The first-order valence-corrected chi connectivity index (χ1v) is 9.90. The van der Waals surface area contributed by atoms with E-state index in [-0.39, 0.29) is 18.1 Å². The zero-order valence-corrected chi connectivity index (χ0v) is 17.4. The molecular weight excluding hydrogens is 348 g/mol. The fraction of sp³-hybridized carbons (Fsp3) is 0.810. The second kappa shape index (κ2) is 9.80. The smallest absolute Gasteiger partial charge is 0.311 e. The van der Waals surface area contributed by atoms with E-state index in [1.54, 1.807) is 34.6 Å². The van der Waals surface area contributed by atoms with Gasteiger partial charge in [0, 0.05) is 17.8 Å². The van der Waals surface area contributed by atoms with Crippen LogP contribution in [-0.4, -0.2) is 51.5 Å². The molecule has 0 unspecified atom stereocenters. The molecule has 1 aliphatic rings.